The van der Waals surface area contributed by atoms with E-state index in [1.54, 1.807) is 0 Å². The Hall–Kier alpha value is -3.48. The summed E-state index contributed by atoms with van der Waals surface area (Å²) >= 11 is 0. The molecule has 1 aromatic carbocycles. The molecule has 7 heteroatoms. The number of rotatable bonds is 6. The van der Waals surface area contributed by atoms with Gasteiger partial charge in [0.15, 0.2) is 5.65 Å². The van der Waals surface area contributed by atoms with Crippen LogP contribution in [0.3, 0.4) is 0 Å². The fourth-order valence-corrected chi connectivity index (χ4v) is 4.83. The summed E-state index contributed by atoms with van der Waals surface area (Å²) in [4.78, 5) is 24.5. The third-order valence-electron chi connectivity index (χ3n) is 6.69. The number of hydrogen-bond donors (Lipinski definition) is 0. The summed E-state index contributed by atoms with van der Waals surface area (Å²) in [5.74, 6) is 1.95. The molecule has 0 aliphatic carbocycles. The maximum Gasteiger partial charge on any atom is 0.227 e. The van der Waals surface area contributed by atoms with Crippen molar-refractivity contribution in [2.45, 2.75) is 52.0 Å². The Morgan fingerprint density at radius 2 is 1.85 bits per heavy atom. The van der Waals surface area contributed by atoms with Crippen molar-refractivity contribution < 1.29 is 9.32 Å². The van der Waals surface area contributed by atoms with Crippen molar-refractivity contribution in [1.29, 1.82) is 0 Å². The normalized spacial score (nSPS) is 14.8. The fraction of sp³-hybridized carbons (Fsp3) is 0.385. The monoisotopic (exact) mass is 443 g/mol. The van der Waals surface area contributed by atoms with E-state index in [4.69, 9.17) is 9.51 Å². The average molecular weight is 444 g/mol. The Bertz CT molecular complexity index is 1230. The Morgan fingerprint density at radius 3 is 2.58 bits per heavy atom. The van der Waals surface area contributed by atoms with Crippen LogP contribution in [0.15, 0.2) is 53.2 Å². The van der Waals surface area contributed by atoms with E-state index in [0.717, 1.165) is 72.8 Å². The first-order valence-electron chi connectivity index (χ1n) is 11.7. The molecule has 0 bridgehead atoms. The van der Waals surface area contributed by atoms with Crippen LogP contribution in [0.2, 0.25) is 0 Å². The summed E-state index contributed by atoms with van der Waals surface area (Å²) < 4.78 is 7.55. The zero-order valence-corrected chi connectivity index (χ0v) is 19.2. The first-order valence-corrected chi connectivity index (χ1v) is 11.7. The van der Waals surface area contributed by atoms with Crippen molar-refractivity contribution in [2.75, 3.05) is 13.1 Å². The molecule has 5 rings (SSSR count). The maximum atomic E-state index is 12.9. The molecule has 0 spiro atoms. The van der Waals surface area contributed by atoms with Crippen LogP contribution in [0.5, 0.6) is 0 Å². The molecule has 4 aromatic rings. The molecule has 0 radical (unpaired) electrons. The summed E-state index contributed by atoms with van der Waals surface area (Å²) in [7, 11) is 0. The van der Waals surface area contributed by atoms with Gasteiger partial charge in [-0.2, -0.15) is 0 Å². The number of fused-ring (bicyclic) bond motifs is 1. The highest BCUT2D eigenvalue weighted by Gasteiger charge is 2.28. The quantitative estimate of drug-likeness (QED) is 0.446. The number of nitrogens with zero attached hydrogens (tertiary/aromatic N) is 5. The molecule has 1 saturated heterocycles. The van der Waals surface area contributed by atoms with Gasteiger partial charge in [-0.15, -0.1) is 0 Å². The van der Waals surface area contributed by atoms with Crippen LogP contribution >= 0.6 is 0 Å². The number of hydrogen-bond acceptors (Lipinski definition) is 5. The summed E-state index contributed by atoms with van der Waals surface area (Å²) in [6, 6.07) is 14.8. The van der Waals surface area contributed by atoms with Gasteiger partial charge in [-0.25, -0.2) is 9.97 Å². The minimum atomic E-state index is 0.140. The minimum Gasteiger partial charge on any atom is -0.361 e. The zero-order valence-electron chi connectivity index (χ0n) is 19.2. The fourth-order valence-electron chi connectivity index (χ4n) is 4.83. The number of imidazole rings is 1. The largest absolute Gasteiger partial charge is 0.361 e. The number of aromatic nitrogens is 4. The molecule has 0 saturated carbocycles. The molecule has 7 nitrogen and oxygen atoms in total. The molecule has 0 atom stereocenters. The minimum absolute atomic E-state index is 0.140. The van der Waals surface area contributed by atoms with E-state index in [9.17, 15) is 4.79 Å². The lowest BCUT2D eigenvalue weighted by Gasteiger charge is -2.33. The number of piperidine rings is 1. The lowest BCUT2D eigenvalue weighted by atomic mass is 10.0. The number of pyridine rings is 1. The van der Waals surface area contributed by atoms with Crippen molar-refractivity contribution in [3.8, 4) is 0 Å². The standard InChI is InChI=1S/C26H29N5O2/c1-18-22(19(2)33-29-18)17-25(32)30-15-12-21(13-16-30)31-24(11-10-20-7-4-3-5-8-20)28-23-9-6-14-27-26(23)31/h3-9,14,21H,10-13,15-17H2,1-2H3. The molecule has 1 amide bonds. The van der Waals surface area contributed by atoms with Crippen LogP contribution in [0.1, 0.15) is 47.3 Å². The van der Waals surface area contributed by atoms with E-state index >= 15 is 0 Å². The Balaban J connectivity index is 1.31. The summed E-state index contributed by atoms with van der Waals surface area (Å²) in [5.41, 5.74) is 4.91. The Labute approximate surface area is 193 Å². The number of carbonyl (C=O) groups is 1. The van der Waals surface area contributed by atoms with Crippen molar-refractivity contribution in [2.24, 2.45) is 0 Å². The van der Waals surface area contributed by atoms with Crippen molar-refractivity contribution in [3.63, 3.8) is 0 Å². The van der Waals surface area contributed by atoms with Crippen LogP contribution in [0.4, 0.5) is 0 Å². The predicted octanol–water partition coefficient (Wildman–Crippen LogP) is 4.23. The highest BCUT2D eigenvalue weighted by Crippen LogP contribution is 2.29. The van der Waals surface area contributed by atoms with Crippen LogP contribution in [0.25, 0.3) is 11.2 Å². The molecule has 1 aliphatic rings. The van der Waals surface area contributed by atoms with Crippen molar-refractivity contribution >= 4 is 17.1 Å². The van der Waals surface area contributed by atoms with Crippen LogP contribution < -0.4 is 0 Å². The molecule has 3 aromatic heterocycles. The van der Waals surface area contributed by atoms with Gasteiger partial charge in [-0.05, 0) is 50.8 Å². The predicted molar refractivity (Wildman–Crippen MR) is 126 cm³/mol. The smallest absolute Gasteiger partial charge is 0.227 e. The van der Waals surface area contributed by atoms with Crippen LogP contribution in [-0.4, -0.2) is 43.6 Å². The van der Waals surface area contributed by atoms with Gasteiger partial charge in [0.05, 0.1) is 12.1 Å². The van der Waals surface area contributed by atoms with Gasteiger partial charge in [-0.3, -0.25) is 4.79 Å². The second-order valence-corrected chi connectivity index (χ2v) is 8.82. The molecule has 0 N–H and O–H groups in total. The molecule has 1 aliphatic heterocycles. The highest BCUT2D eigenvalue weighted by molar-refractivity contribution is 5.79. The number of aryl methyl sites for hydroxylation is 4. The van der Waals surface area contributed by atoms with Gasteiger partial charge in [-0.1, -0.05) is 35.5 Å². The third kappa shape index (κ3) is 4.40. The van der Waals surface area contributed by atoms with E-state index in [2.05, 4.69) is 39.0 Å². The van der Waals surface area contributed by atoms with Crippen LogP contribution in [0, 0.1) is 13.8 Å². The summed E-state index contributed by atoms with van der Waals surface area (Å²) in [5, 5.41) is 3.98. The summed E-state index contributed by atoms with van der Waals surface area (Å²) in [6.45, 7) is 5.22. The van der Waals surface area contributed by atoms with E-state index in [-0.39, 0.29) is 5.91 Å². The average Bonchev–Trinajstić information content (AvgIpc) is 3.38. The molecule has 170 valence electrons. The van der Waals surface area contributed by atoms with Gasteiger partial charge in [0.1, 0.15) is 17.1 Å². The lowest BCUT2D eigenvalue weighted by molar-refractivity contribution is -0.131. The zero-order chi connectivity index (χ0) is 22.8. The van der Waals surface area contributed by atoms with Gasteiger partial charge >= 0.3 is 0 Å². The first-order chi connectivity index (χ1) is 16.1. The van der Waals surface area contributed by atoms with Crippen LogP contribution in [-0.2, 0) is 24.1 Å². The Morgan fingerprint density at radius 1 is 1.06 bits per heavy atom. The van der Waals surface area contributed by atoms with Gasteiger partial charge in [0.2, 0.25) is 5.91 Å². The molecule has 1 fully saturated rings. The van der Waals surface area contributed by atoms with E-state index < -0.39 is 0 Å². The Kier molecular flexibility index (Phi) is 5.94. The molecular weight excluding hydrogens is 414 g/mol. The lowest BCUT2D eigenvalue weighted by Crippen LogP contribution is -2.40. The molecule has 33 heavy (non-hydrogen) atoms. The highest BCUT2D eigenvalue weighted by atomic mass is 16.5. The van der Waals surface area contributed by atoms with Crippen molar-refractivity contribution in [3.05, 3.63) is 77.1 Å². The number of carbonyl (C=O) groups excluding carboxylic acids is 1. The number of likely N-dealkylation sites (tertiary alicyclic amines) is 1. The number of benzene rings is 1. The summed E-state index contributed by atoms with van der Waals surface area (Å²) in [6.07, 6.45) is 5.79. The SMILES string of the molecule is Cc1noc(C)c1CC(=O)N1CCC(n2c(CCc3ccccc3)nc3cccnc32)CC1. The van der Waals surface area contributed by atoms with Gasteiger partial charge in [0.25, 0.3) is 0 Å². The van der Waals surface area contributed by atoms with E-state index in [1.807, 2.05) is 43.1 Å². The molecule has 0 unspecified atom stereocenters. The van der Waals surface area contributed by atoms with Gasteiger partial charge in [0, 0.05) is 37.3 Å². The topological polar surface area (TPSA) is 77.0 Å². The first kappa shape index (κ1) is 21.4. The van der Waals surface area contributed by atoms with Gasteiger partial charge < -0.3 is 14.0 Å². The third-order valence-corrected chi connectivity index (χ3v) is 6.69. The molecular formula is C26H29N5O2. The maximum absolute atomic E-state index is 12.9. The van der Waals surface area contributed by atoms with E-state index in [0.29, 0.717) is 12.5 Å². The van der Waals surface area contributed by atoms with E-state index in [1.165, 1.54) is 5.56 Å². The second kappa shape index (κ2) is 9.17. The number of amides is 1. The van der Waals surface area contributed by atoms with Crippen molar-refractivity contribution in [1.82, 2.24) is 24.6 Å². The second-order valence-electron chi connectivity index (χ2n) is 8.82. The molecule has 4 heterocycles.